The molecule has 1 unspecified atom stereocenters. The maximum atomic E-state index is 10.2. The molecule has 0 spiro atoms. The van der Waals surface area contributed by atoms with Gasteiger partial charge < -0.3 is 10.2 Å². The molecule has 0 fully saturated rings. The average molecular weight is 164 g/mol. The number of carbonyl (C=O) groups is 2. The summed E-state index contributed by atoms with van der Waals surface area (Å²) in [6.07, 6.45) is -0.481. The van der Waals surface area contributed by atoms with Crippen molar-refractivity contribution in [1.29, 1.82) is 0 Å². The van der Waals surface area contributed by atoms with Crippen LogP contribution in [0.25, 0.3) is 0 Å². The Morgan fingerprint density at radius 3 is 2.10 bits per heavy atom. The van der Waals surface area contributed by atoms with Crippen LogP contribution in [0, 0.1) is 0 Å². The van der Waals surface area contributed by atoms with Crippen LogP contribution in [-0.4, -0.2) is 26.9 Å². The van der Waals surface area contributed by atoms with Gasteiger partial charge in [-0.3, -0.25) is 4.79 Å². The summed E-state index contributed by atoms with van der Waals surface area (Å²) in [6, 6.07) is 0. The predicted molar refractivity (Wildman–Crippen MR) is 36.9 cm³/mol. The van der Waals surface area contributed by atoms with E-state index in [1.54, 1.807) is 0 Å². The molecule has 0 bridgehead atoms. The zero-order valence-electron chi connectivity index (χ0n) is 5.37. The minimum Gasteiger partial charge on any atom is -0.479 e. The lowest BCUT2D eigenvalue weighted by Crippen LogP contribution is -2.36. The molecular weight excluding hydrogens is 156 g/mol. The quantitative estimate of drug-likeness (QED) is 0.499. The average Bonchev–Trinajstić information content (AvgIpc) is 1.60. The van der Waals surface area contributed by atoms with Gasteiger partial charge in [0.25, 0.3) is 0 Å². The summed E-state index contributed by atoms with van der Waals surface area (Å²) in [4.78, 5) is 20.3. The molecule has 0 amide bonds. The van der Waals surface area contributed by atoms with E-state index in [0.717, 1.165) is 6.92 Å². The van der Waals surface area contributed by atoms with Gasteiger partial charge >= 0.3 is 5.97 Å². The standard InChI is InChI=1S/C5H8O4S/c1-5(9,4(7)8)2-3(6)10/h9H,2H2,1H3,(H,6,10)(H,7,8). The molecule has 2 N–H and O–H groups in total. The van der Waals surface area contributed by atoms with Gasteiger partial charge in [0, 0.05) is 0 Å². The van der Waals surface area contributed by atoms with Gasteiger partial charge in [0.1, 0.15) is 0 Å². The molecule has 1 atom stereocenters. The zero-order chi connectivity index (χ0) is 8.36. The van der Waals surface area contributed by atoms with Gasteiger partial charge in [-0.2, -0.15) is 0 Å². The fourth-order valence-electron chi connectivity index (χ4n) is 0.370. The van der Waals surface area contributed by atoms with Gasteiger partial charge in [-0.05, 0) is 6.92 Å². The second-order valence-electron chi connectivity index (χ2n) is 2.15. The number of hydrogen-bond donors (Lipinski definition) is 3. The normalized spacial score (nSPS) is 15.9. The maximum Gasteiger partial charge on any atom is 0.335 e. The van der Waals surface area contributed by atoms with E-state index in [4.69, 9.17) is 10.2 Å². The number of carboxylic acids is 1. The van der Waals surface area contributed by atoms with Crippen molar-refractivity contribution < 1.29 is 19.8 Å². The highest BCUT2D eigenvalue weighted by Crippen LogP contribution is 2.10. The van der Waals surface area contributed by atoms with E-state index in [1.807, 2.05) is 0 Å². The van der Waals surface area contributed by atoms with E-state index in [-0.39, 0.29) is 0 Å². The third-order valence-electron chi connectivity index (χ3n) is 0.956. The molecule has 0 aromatic carbocycles. The molecule has 4 nitrogen and oxygen atoms in total. The van der Waals surface area contributed by atoms with E-state index in [9.17, 15) is 9.59 Å². The monoisotopic (exact) mass is 164 g/mol. The van der Waals surface area contributed by atoms with E-state index < -0.39 is 23.1 Å². The van der Waals surface area contributed by atoms with Crippen LogP contribution in [0.15, 0.2) is 0 Å². The van der Waals surface area contributed by atoms with Crippen LogP contribution in [-0.2, 0) is 9.59 Å². The molecule has 5 heteroatoms. The number of aliphatic hydroxyl groups is 1. The number of thiol groups is 1. The molecule has 0 aliphatic heterocycles. The Morgan fingerprint density at radius 2 is 2.00 bits per heavy atom. The van der Waals surface area contributed by atoms with Crippen molar-refractivity contribution in [3.05, 3.63) is 0 Å². The SMILES string of the molecule is CC(O)(CC(=O)S)C(=O)O. The second-order valence-corrected chi connectivity index (χ2v) is 2.65. The highest BCUT2D eigenvalue weighted by Gasteiger charge is 2.31. The summed E-state index contributed by atoms with van der Waals surface area (Å²) < 4.78 is 0. The van der Waals surface area contributed by atoms with E-state index in [0.29, 0.717) is 0 Å². The molecule has 0 aliphatic carbocycles. The zero-order valence-corrected chi connectivity index (χ0v) is 6.26. The molecule has 0 rings (SSSR count). The fraction of sp³-hybridized carbons (Fsp3) is 0.600. The molecular formula is C5H8O4S. The first-order valence-corrected chi connectivity index (χ1v) is 2.98. The summed E-state index contributed by atoms with van der Waals surface area (Å²) in [5.74, 6) is -1.42. The molecule has 58 valence electrons. The van der Waals surface area contributed by atoms with Crippen molar-refractivity contribution in [1.82, 2.24) is 0 Å². The molecule has 0 aromatic rings. The van der Waals surface area contributed by atoms with Crippen LogP contribution >= 0.6 is 12.6 Å². The molecule has 0 saturated heterocycles. The smallest absolute Gasteiger partial charge is 0.335 e. The van der Waals surface area contributed by atoms with E-state index in [1.165, 1.54) is 0 Å². The fourth-order valence-corrected chi connectivity index (χ4v) is 0.678. The first kappa shape index (κ1) is 9.45. The third kappa shape index (κ3) is 2.84. The van der Waals surface area contributed by atoms with Gasteiger partial charge in [0.2, 0.25) is 0 Å². The molecule has 0 aliphatic rings. The van der Waals surface area contributed by atoms with Crippen molar-refractivity contribution in [3.8, 4) is 0 Å². The largest absolute Gasteiger partial charge is 0.479 e. The lowest BCUT2D eigenvalue weighted by molar-refractivity contribution is -0.158. The Morgan fingerprint density at radius 1 is 1.60 bits per heavy atom. The molecule has 0 radical (unpaired) electrons. The lowest BCUT2D eigenvalue weighted by Gasteiger charge is -2.14. The van der Waals surface area contributed by atoms with Gasteiger partial charge in [-0.25, -0.2) is 4.79 Å². The van der Waals surface area contributed by atoms with Gasteiger partial charge in [0.05, 0.1) is 6.42 Å². The highest BCUT2D eigenvalue weighted by atomic mass is 32.1. The van der Waals surface area contributed by atoms with Crippen molar-refractivity contribution in [2.75, 3.05) is 0 Å². The van der Waals surface area contributed by atoms with Gasteiger partial charge in [-0.15, -0.1) is 12.6 Å². The highest BCUT2D eigenvalue weighted by molar-refractivity contribution is 7.96. The topological polar surface area (TPSA) is 74.6 Å². The maximum absolute atomic E-state index is 10.2. The van der Waals surface area contributed by atoms with Crippen LogP contribution < -0.4 is 0 Å². The minimum absolute atomic E-state index is 0.481. The number of hydrogen-bond acceptors (Lipinski definition) is 3. The van der Waals surface area contributed by atoms with Crippen LogP contribution in [0.4, 0.5) is 0 Å². The lowest BCUT2D eigenvalue weighted by atomic mass is 10.0. The number of carboxylic acid groups (broad SMARTS) is 1. The number of carbonyl (C=O) groups excluding carboxylic acids is 1. The molecule has 0 heterocycles. The molecule has 0 saturated carbocycles. The Balaban J connectivity index is 4.13. The van der Waals surface area contributed by atoms with Crippen LogP contribution in [0.5, 0.6) is 0 Å². The van der Waals surface area contributed by atoms with Crippen molar-refractivity contribution in [2.24, 2.45) is 0 Å². The predicted octanol–water partition coefficient (Wildman–Crippen LogP) is -0.332. The third-order valence-corrected chi connectivity index (χ3v) is 1.11. The van der Waals surface area contributed by atoms with Crippen molar-refractivity contribution in [3.63, 3.8) is 0 Å². The summed E-state index contributed by atoms with van der Waals surface area (Å²) in [5, 5.41) is 16.5. The Bertz CT molecular complexity index is 163. The Kier molecular flexibility index (Phi) is 2.86. The van der Waals surface area contributed by atoms with E-state index >= 15 is 0 Å². The van der Waals surface area contributed by atoms with Crippen LogP contribution in [0.3, 0.4) is 0 Å². The van der Waals surface area contributed by atoms with E-state index in [2.05, 4.69) is 12.6 Å². The Labute approximate surface area is 63.3 Å². The minimum atomic E-state index is -1.99. The van der Waals surface area contributed by atoms with Crippen molar-refractivity contribution in [2.45, 2.75) is 18.9 Å². The van der Waals surface area contributed by atoms with Crippen LogP contribution in [0.1, 0.15) is 13.3 Å². The molecule has 10 heavy (non-hydrogen) atoms. The first-order chi connectivity index (χ1) is 4.36. The first-order valence-electron chi connectivity index (χ1n) is 2.54. The van der Waals surface area contributed by atoms with Gasteiger partial charge in [0.15, 0.2) is 10.7 Å². The molecule has 0 aromatic heterocycles. The number of aliphatic carboxylic acids is 1. The number of rotatable bonds is 3. The second kappa shape index (κ2) is 3.03. The summed E-state index contributed by atoms with van der Waals surface area (Å²) in [5.41, 5.74) is -1.99. The summed E-state index contributed by atoms with van der Waals surface area (Å²) >= 11 is 3.32. The summed E-state index contributed by atoms with van der Waals surface area (Å²) in [6.45, 7) is 1.05. The summed E-state index contributed by atoms with van der Waals surface area (Å²) in [7, 11) is 0. The Hall–Kier alpha value is -0.550. The van der Waals surface area contributed by atoms with Crippen LogP contribution in [0.2, 0.25) is 0 Å². The van der Waals surface area contributed by atoms with Gasteiger partial charge in [-0.1, -0.05) is 0 Å². The van der Waals surface area contributed by atoms with Crippen molar-refractivity contribution >= 4 is 23.7 Å².